The van der Waals surface area contributed by atoms with Crippen molar-refractivity contribution in [1.82, 2.24) is 4.72 Å². The van der Waals surface area contributed by atoms with Crippen molar-refractivity contribution in [3.63, 3.8) is 0 Å². The number of hydrogen-bond acceptors (Lipinski definition) is 6. The van der Waals surface area contributed by atoms with Crippen LogP contribution in [-0.4, -0.2) is 41.4 Å². The van der Waals surface area contributed by atoms with Gasteiger partial charge in [0.25, 0.3) is 0 Å². The molecule has 0 unspecified atom stereocenters. The van der Waals surface area contributed by atoms with Crippen molar-refractivity contribution >= 4 is 16.0 Å². The largest absolute Gasteiger partial charge is 0.493 e. The van der Waals surface area contributed by atoms with E-state index >= 15 is 0 Å². The second kappa shape index (κ2) is 7.96. The molecule has 1 aromatic carbocycles. The monoisotopic (exact) mass is 317 g/mol. The first-order chi connectivity index (χ1) is 9.96. The minimum atomic E-state index is -3.76. The number of carbonyl (C=O) groups excluding carboxylic acids is 1. The Labute approximate surface area is 124 Å². The Kier molecular flexibility index (Phi) is 6.60. The first-order valence-electron chi connectivity index (χ1n) is 6.38. The van der Waals surface area contributed by atoms with Gasteiger partial charge in [0.2, 0.25) is 10.0 Å². The summed E-state index contributed by atoms with van der Waals surface area (Å²) in [7, 11) is -2.40. The highest BCUT2D eigenvalue weighted by Crippen LogP contribution is 2.23. The molecule has 0 amide bonds. The minimum Gasteiger partial charge on any atom is -0.493 e. The number of hydrogen-bond donors (Lipinski definition) is 1. The van der Waals surface area contributed by atoms with Gasteiger partial charge in [-0.05, 0) is 32.0 Å². The van der Waals surface area contributed by atoms with Gasteiger partial charge >= 0.3 is 5.97 Å². The minimum absolute atomic E-state index is 0.0638. The van der Waals surface area contributed by atoms with E-state index in [0.717, 1.165) is 0 Å². The summed E-state index contributed by atoms with van der Waals surface area (Å²) in [6, 6.07) is 4.00. The van der Waals surface area contributed by atoms with E-state index in [9.17, 15) is 13.2 Å². The van der Waals surface area contributed by atoms with E-state index in [0.29, 0.717) is 6.61 Å². The maximum absolute atomic E-state index is 12.0. The SMILES string of the molecule is CCOC(=O)c1cc(S(=O)(=O)NCOC)ccc1OCC. The Morgan fingerprint density at radius 1 is 1.24 bits per heavy atom. The number of carbonyl (C=O) groups is 1. The van der Waals surface area contributed by atoms with Gasteiger partial charge in [-0.15, -0.1) is 0 Å². The van der Waals surface area contributed by atoms with E-state index in [1.54, 1.807) is 13.8 Å². The van der Waals surface area contributed by atoms with Crippen molar-refractivity contribution in [2.24, 2.45) is 0 Å². The highest BCUT2D eigenvalue weighted by molar-refractivity contribution is 7.89. The number of sulfonamides is 1. The van der Waals surface area contributed by atoms with E-state index in [2.05, 4.69) is 9.46 Å². The van der Waals surface area contributed by atoms with Crippen LogP contribution in [0.4, 0.5) is 0 Å². The fourth-order valence-corrected chi connectivity index (χ4v) is 2.51. The number of ether oxygens (including phenoxy) is 3. The van der Waals surface area contributed by atoms with Gasteiger partial charge in [-0.3, -0.25) is 0 Å². The molecule has 1 aromatic rings. The third-order valence-electron chi connectivity index (χ3n) is 2.45. The number of methoxy groups -OCH3 is 1. The lowest BCUT2D eigenvalue weighted by atomic mass is 10.2. The summed E-state index contributed by atoms with van der Waals surface area (Å²) in [6.45, 7) is 3.80. The molecule has 0 spiro atoms. The summed E-state index contributed by atoms with van der Waals surface area (Å²) in [5.41, 5.74) is 0.0685. The third kappa shape index (κ3) is 4.69. The van der Waals surface area contributed by atoms with Gasteiger partial charge in [-0.25, -0.2) is 13.2 Å². The number of esters is 1. The average molecular weight is 317 g/mol. The van der Waals surface area contributed by atoms with Crippen LogP contribution >= 0.6 is 0 Å². The number of benzene rings is 1. The van der Waals surface area contributed by atoms with Crippen molar-refractivity contribution in [2.45, 2.75) is 18.7 Å². The van der Waals surface area contributed by atoms with Gasteiger partial charge in [0.1, 0.15) is 18.0 Å². The molecule has 1 rings (SSSR count). The highest BCUT2D eigenvalue weighted by atomic mass is 32.2. The molecule has 7 nitrogen and oxygen atoms in total. The van der Waals surface area contributed by atoms with E-state index in [-0.39, 0.29) is 29.5 Å². The van der Waals surface area contributed by atoms with Crippen molar-refractivity contribution in [2.75, 3.05) is 27.1 Å². The van der Waals surface area contributed by atoms with E-state index in [4.69, 9.17) is 9.47 Å². The van der Waals surface area contributed by atoms with E-state index in [1.165, 1.54) is 25.3 Å². The fourth-order valence-electron chi connectivity index (χ4n) is 1.55. The molecule has 0 bridgehead atoms. The number of nitrogens with one attached hydrogen (secondary N) is 1. The summed E-state index contributed by atoms with van der Waals surface area (Å²) >= 11 is 0. The molecule has 0 saturated heterocycles. The Hall–Kier alpha value is -1.64. The number of rotatable bonds is 8. The Balaban J connectivity index is 3.20. The van der Waals surface area contributed by atoms with Crippen molar-refractivity contribution in [1.29, 1.82) is 0 Å². The normalized spacial score (nSPS) is 11.2. The summed E-state index contributed by atoms with van der Waals surface area (Å²) in [6.07, 6.45) is 0. The van der Waals surface area contributed by atoms with Crippen LogP contribution in [-0.2, 0) is 19.5 Å². The zero-order valence-electron chi connectivity index (χ0n) is 12.2. The highest BCUT2D eigenvalue weighted by Gasteiger charge is 2.20. The summed E-state index contributed by atoms with van der Waals surface area (Å²) < 4.78 is 41.1. The molecule has 0 aromatic heterocycles. The van der Waals surface area contributed by atoms with Gasteiger partial charge in [0.15, 0.2) is 0 Å². The fraction of sp³-hybridized carbons (Fsp3) is 0.462. The molecule has 0 aliphatic carbocycles. The molecule has 8 heteroatoms. The maximum atomic E-state index is 12.0. The molecule has 0 aliphatic rings. The van der Waals surface area contributed by atoms with Crippen molar-refractivity contribution in [3.05, 3.63) is 23.8 Å². The summed E-state index contributed by atoms with van der Waals surface area (Å²) in [4.78, 5) is 11.8. The van der Waals surface area contributed by atoms with Gasteiger partial charge < -0.3 is 14.2 Å². The molecule has 0 fully saturated rings. The predicted molar refractivity (Wildman–Crippen MR) is 75.8 cm³/mol. The smallest absolute Gasteiger partial charge is 0.341 e. The topological polar surface area (TPSA) is 90.9 Å². The first-order valence-corrected chi connectivity index (χ1v) is 7.87. The van der Waals surface area contributed by atoms with Crippen LogP contribution in [0.5, 0.6) is 5.75 Å². The molecule has 21 heavy (non-hydrogen) atoms. The second-order valence-electron chi connectivity index (χ2n) is 3.89. The van der Waals surface area contributed by atoms with Crippen LogP contribution < -0.4 is 9.46 Å². The molecule has 0 saturated carbocycles. The van der Waals surface area contributed by atoms with Crippen LogP contribution in [0.15, 0.2) is 23.1 Å². The maximum Gasteiger partial charge on any atom is 0.341 e. The first kappa shape index (κ1) is 17.4. The van der Waals surface area contributed by atoms with Crippen LogP contribution in [0.2, 0.25) is 0 Å². The van der Waals surface area contributed by atoms with Crippen molar-refractivity contribution in [3.8, 4) is 5.75 Å². The van der Waals surface area contributed by atoms with Gasteiger partial charge in [0.05, 0.1) is 18.1 Å². The van der Waals surface area contributed by atoms with Gasteiger partial charge in [-0.1, -0.05) is 0 Å². The predicted octanol–water partition coefficient (Wildman–Crippen LogP) is 1.14. The zero-order valence-corrected chi connectivity index (χ0v) is 13.0. The second-order valence-corrected chi connectivity index (χ2v) is 5.66. The summed E-state index contributed by atoms with van der Waals surface area (Å²) in [5, 5.41) is 0. The molecule has 118 valence electrons. The van der Waals surface area contributed by atoms with Crippen molar-refractivity contribution < 1.29 is 27.4 Å². The molecular weight excluding hydrogens is 298 g/mol. The Morgan fingerprint density at radius 2 is 1.95 bits per heavy atom. The standard InChI is InChI=1S/C13H19NO6S/c1-4-19-12-7-6-10(21(16,17)14-9-18-3)8-11(12)13(15)20-5-2/h6-8,14H,4-5,9H2,1-3H3. The molecular formula is C13H19NO6S. The molecule has 0 heterocycles. The lowest BCUT2D eigenvalue weighted by molar-refractivity contribution is 0.0521. The molecule has 0 aliphatic heterocycles. The van der Waals surface area contributed by atoms with Crippen LogP contribution in [0.1, 0.15) is 24.2 Å². The van der Waals surface area contributed by atoms with Crippen LogP contribution in [0, 0.1) is 0 Å². The Morgan fingerprint density at radius 3 is 2.52 bits per heavy atom. The van der Waals surface area contributed by atoms with E-state index < -0.39 is 16.0 Å². The third-order valence-corrected chi connectivity index (χ3v) is 3.82. The van der Waals surface area contributed by atoms with Crippen LogP contribution in [0.25, 0.3) is 0 Å². The summed E-state index contributed by atoms with van der Waals surface area (Å²) in [5.74, 6) is -0.355. The zero-order chi connectivity index (χ0) is 15.9. The Bertz CT molecular complexity index is 584. The molecule has 0 radical (unpaired) electrons. The van der Waals surface area contributed by atoms with Gasteiger partial charge in [0, 0.05) is 7.11 Å². The van der Waals surface area contributed by atoms with Gasteiger partial charge in [-0.2, -0.15) is 4.72 Å². The quantitative estimate of drug-likeness (QED) is 0.571. The molecule has 0 atom stereocenters. The lowest BCUT2D eigenvalue weighted by Gasteiger charge is -2.12. The van der Waals surface area contributed by atoms with E-state index in [1.807, 2.05) is 0 Å². The van der Waals surface area contributed by atoms with Crippen LogP contribution in [0.3, 0.4) is 0 Å². The lowest BCUT2D eigenvalue weighted by Crippen LogP contribution is -2.26. The average Bonchev–Trinajstić information content (AvgIpc) is 2.46. The molecule has 1 N–H and O–H groups in total.